The van der Waals surface area contributed by atoms with Crippen molar-refractivity contribution in [1.29, 1.82) is 0 Å². The number of nitrogen functional groups attached to an aromatic ring is 2. The number of pyridine rings is 2. The summed E-state index contributed by atoms with van der Waals surface area (Å²) in [6.45, 7) is 43.9. The van der Waals surface area contributed by atoms with E-state index in [1.807, 2.05) is 60.7 Å². The van der Waals surface area contributed by atoms with Crippen LogP contribution in [0.2, 0.25) is 0 Å². The Labute approximate surface area is 446 Å². The molecule has 4 N–H and O–H groups in total. The predicted octanol–water partition coefficient (Wildman–Crippen LogP) is 15.6. The van der Waals surface area contributed by atoms with Crippen LogP contribution in [0.25, 0.3) is 0 Å². The topological polar surface area (TPSA) is 84.3 Å². The van der Waals surface area contributed by atoms with Crippen LogP contribution < -0.4 is 11.5 Å². The van der Waals surface area contributed by atoms with E-state index in [-0.39, 0.29) is 39.0 Å². The summed E-state index contributed by atoms with van der Waals surface area (Å²) in [6.07, 6.45) is 2.31. The standard InChI is InChI=1S/2C19H35N2P.2C6H7N.2BF4.2Rh/c2*1-9-21(10-2)14-16-12-11-13-17(20-16)15-22(18(3,4)5)19(6,7)8;2*7-6-4-2-1-3-5-6;2*2-1(3,4)5;;/h2*11-13H,9-10,14-15H2,1-8H3;2*1-5H,7H2;;;;/q;;;;2*-1;2*+3/p+2. The first-order valence-corrected chi connectivity index (χ1v) is 26.8. The van der Waals surface area contributed by atoms with Crippen molar-refractivity contribution < 1.29 is 73.5 Å². The average molecular weight is 1210 g/mol. The smallest absolute Gasteiger partial charge is 0.418 e. The molecule has 0 radical (unpaired) electrons. The molecular formula is C50H86B2F8N6P2Rh2+6. The molecule has 0 fully saturated rings. The molecule has 4 rings (SSSR count). The van der Waals surface area contributed by atoms with Gasteiger partial charge in [-0.05, 0) is 158 Å². The molecule has 70 heavy (non-hydrogen) atoms. The first kappa shape index (κ1) is 74.5. The van der Waals surface area contributed by atoms with Crippen LogP contribution in [0.5, 0.6) is 0 Å². The molecule has 0 aliphatic rings. The van der Waals surface area contributed by atoms with Crippen molar-refractivity contribution in [1.82, 2.24) is 19.8 Å². The normalized spacial score (nSPS) is 11.7. The SMILES string of the molecule is CCN(CC)Cc1cccc(C[PH+](C(C)(C)C)C(C)(C)C)n1.CCN(CC)Cc1cccc(C[PH+](C(C)(C)C)C(C)(C)C)n1.F[B-](F)(F)F.F[B-](F)(F)F.Nc1ccccc1.Nc1ccccc1.[Rh+3].[Rh+3]. The fourth-order valence-electron chi connectivity index (χ4n) is 7.36. The number of halogens is 8. The molecule has 6 nitrogen and oxygen atoms in total. The third-order valence-corrected chi connectivity index (χ3v) is 18.9. The summed E-state index contributed by atoms with van der Waals surface area (Å²) in [5.41, 5.74) is 17.3. The Kier molecular flexibility index (Phi) is 38.3. The molecule has 4 aromatic rings. The Morgan fingerprint density at radius 3 is 0.786 bits per heavy atom. The second-order valence-corrected chi connectivity index (χ2v) is 28.9. The van der Waals surface area contributed by atoms with Crippen LogP contribution in [-0.2, 0) is 64.4 Å². The number of hydrogen-bond acceptors (Lipinski definition) is 6. The monoisotopic (exact) mass is 1210 g/mol. The van der Waals surface area contributed by atoms with Crippen molar-refractivity contribution in [3.63, 3.8) is 0 Å². The van der Waals surface area contributed by atoms with Gasteiger partial charge in [-0.2, -0.15) is 0 Å². The van der Waals surface area contributed by atoms with Crippen LogP contribution >= 0.6 is 15.8 Å². The van der Waals surface area contributed by atoms with E-state index in [4.69, 9.17) is 21.4 Å². The number of rotatable bonds is 12. The van der Waals surface area contributed by atoms with E-state index in [9.17, 15) is 34.5 Å². The van der Waals surface area contributed by atoms with Crippen molar-refractivity contribution in [2.75, 3.05) is 37.6 Å². The minimum atomic E-state index is -6.00. The van der Waals surface area contributed by atoms with E-state index in [1.54, 1.807) is 0 Å². The second-order valence-electron chi connectivity index (χ2n) is 20.3. The van der Waals surface area contributed by atoms with Crippen molar-refractivity contribution in [2.24, 2.45) is 0 Å². The number of para-hydroxylation sites is 2. The van der Waals surface area contributed by atoms with Crippen LogP contribution in [0.3, 0.4) is 0 Å². The maximum Gasteiger partial charge on any atom is 3.00 e. The Hall–Kier alpha value is -2.06. The summed E-state index contributed by atoms with van der Waals surface area (Å²) < 4.78 is 78.0. The van der Waals surface area contributed by atoms with Crippen LogP contribution in [0.1, 0.15) is 134 Å². The minimum absolute atomic E-state index is 0. The van der Waals surface area contributed by atoms with Crippen LogP contribution in [0.4, 0.5) is 45.9 Å². The molecule has 0 unspecified atom stereocenters. The van der Waals surface area contributed by atoms with Gasteiger partial charge >= 0.3 is 53.5 Å². The molecule has 2 heterocycles. The number of nitrogens with zero attached hydrogens (tertiary/aromatic N) is 4. The van der Waals surface area contributed by atoms with Crippen LogP contribution in [-0.4, -0.2) is 81.1 Å². The summed E-state index contributed by atoms with van der Waals surface area (Å²) in [6, 6.07) is 32.1. The molecule has 2 aromatic carbocycles. The molecule has 0 saturated heterocycles. The van der Waals surface area contributed by atoms with Gasteiger partial charge in [0.15, 0.2) is 0 Å². The summed E-state index contributed by atoms with van der Waals surface area (Å²) in [7, 11) is -13.1. The summed E-state index contributed by atoms with van der Waals surface area (Å²) in [5.74, 6) is 0. The second kappa shape index (κ2) is 36.0. The Morgan fingerprint density at radius 2 is 0.614 bits per heavy atom. The van der Waals surface area contributed by atoms with Gasteiger partial charge in [0.2, 0.25) is 0 Å². The molecule has 0 bridgehead atoms. The van der Waals surface area contributed by atoms with E-state index in [0.29, 0.717) is 20.6 Å². The molecular weight excluding hydrogens is 1130 g/mol. The Bertz CT molecular complexity index is 1710. The zero-order chi connectivity index (χ0) is 53.2. The first-order valence-electron chi connectivity index (χ1n) is 23.4. The molecule has 0 atom stereocenters. The molecule has 400 valence electrons. The fourth-order valence-corrected chi connectivity index (χ4v) is 15.1. The molecule has 0 saturated carbocycles. The van der Waals surface area contributed by atoms with Crippen LogP contribution in [0.15, 0.2) is 97.1 Å². The maximum absolute atomic E-state index is 9.75. The third kappa shape index (κ3) is 41.4. The largest absolute Gasteiger partial charge is 3.00 e. The molecule has 0 spiro atoms. The number of nitrogens with two attached hydrogens (primary N) is 2. The van der Waals surface area contributed by atoms with Crippen molar-refractivity contribution in [3.8, 4) is 0 Å². The number of aromatic nitrogens is 2. The van der Waals surface area contributed by atoms with Gasteiger partial charge in [-0.15, -0.1) is 0 Å². The summed E-state index contributed by atoms with van der Waals surface area (Å²) >= 11 is 0. The molecule has 0 amide bonds. The molecule has 0 aliphatic heterocycles. The molecule has 20 heteroatoms. The third-order valence-electron chi connectivity index (χ3n) is 10.2. The van der Waals surface area contributed by atoms with E-state index in [2.05, 4.69) is 157 Å². The zero-order valence-electron chi connectivity index (χ0n) is 44.7. The van der Waals surface area contributed by atoms with Crippen molar-refractivity contribution >= 4 is 41.7 Å². The summed E-state index contributed by atoms with van der Waals surface area (Å²) in [5, 5.41) is 1.55. The quantitative estimate of drug-likeness (QED) is 0.0636. The van der Waals surface area contributed by atoms with Crippen molar-refractivity contribution in [2.45, 2.75) is 157 Å². The van der Waals surface area contributed by atoms with Gasteiger partial charge in [0.1, 0.15) is 0 Å². The predicted molar refractivity (Wildman–Crippen MR) is 287 cm³/mol. The first-order chi connectivity index (χ1) is 30.9. The van der Waals surface area contributed by atoms with Gasteiger partial charge in [-0.1, -0.05) is 76.2 Å². The van der Waals surface area contributed by atoms with Gasteiger partial charge in [0, 0.05) is 40.3 Å². The molecule has 0 aliphatic carbocycles. The Morgan fingerprint density at radius 1 is 0.400 bits per heavy atom. The van der Waals surface area contributed by atoms with Gasteiger partial charge in [-0.3, -0.25) is 19.8 Å². The maximum atomic E-state index is 9.75. The van der Waals surface area contributed by atoms with E-state index < -0.39 is 30.4 Å². The zero-order valence-corrected chi connectivity index (χ0v) is 50.0. The number of anilines is 2. The van der Waals surface area contributed by atoms with Gasteiger partial charge in [0.25, 0.3) is 0 Å². The average Bonchev–Trinajstić information content (AvgIpc) is 3.19. The van der Waals surface area contributed by atoms with Gasteiger partial charge in [0.05, 0.1) is 55.7 Å². The van der Waals surface area contributed by atoms with Gasteiger partial charge in [-0.25, -0.2) is 0 Å². The van der Waals surface area contributed by atoms with Crippen LogP contribution in [0, 0.1) is 0 Å². The van der Waals surface area contributed by atoms with Gasteiger partial charge < -0.3 is 46.0 Å². The van der Waals surface area contributed by atoms with Crippen molar-refractivity contribution in [3.05, 3.63) is 120 Å². The minimum Gasteiger partial charge on any atom is -0.418 e. The number of hydrogen-bond donors (Lipinski definition) is 2. The van der Waals surface area contributed by atoms with E-state index >= 15 is 0 Å². The fraction of sp³-hybridized carbons (Fsp3) is 0.560. The van der Waals surface area contributed by atoms with E-state index in [1.165, 1.54) is 22.8 Å². The Balaban J connectivity index is -0.000000416. The molecule has 2 aromatic heterocycles. The number of benzene rings is 2. The summed E-state index contributed by atoms with van der Waals surface area (Å²) in [4.78, 5) is 14.8. The van der Waals surface area contributed by atoms with E-state index in [0.717, 1.165) is 63.0 Å².